The summed E-state index contributed by atoms with van der Waals surface area (Å²) in [6.45, 7) is 6.41. The number of nitrogens with zero attached hydrogens (tertiary/aromatic N) is 1. The van der Waals surface area contributed by atoms with Crippen molar-refractivity contribution in [3.8, 4) is 0 Å². The van der Waals surface area contributed by atoms with E-state index in [9.17, 15) is 4.79 Å². The Kier molecular flexibility index (Phi) is 3.24. The molecule has 0 fully saturated rings. The Balaban J connectivity index is 2.04. The molecule has 0 aliphatic carbocycles. The van der Waals surface area contributed by atoms with Gasteiger partial charge < -0.3 is 15.1 Å². The molecule has 0 unspecified atom stereocenters. The Labute approximate surface area is 124 Å². The number of carbonyl (C=O) groups is 1. The second-order valence-electron chi connectivity index (χ2n) is 5.66. The van der Waals surface area contributed by atoms with Crippen molar-refractivity contribution in [1.29, 1.82) is 0 Å². The van der Waals surface area contributed by atoms with E-state index in [1.54, 1.807) is 0 Å². The first kappa shape index (κ1) is 13.7. The van der Waals surface area contributed by atoms with Gasteiger partial charge in [0.2, 0.25) is 0 Å². The molecule has 110 valence electrons. The fourth-order valence-electron chi connectivity index (χ4n) is 3.07. The Morgan fingerprint density at radius 2 is 2.00 bits per heavy atom. The van der Waals surface area contributed by atoms with E-state index < -0.39 is 0 Å². The molecule has 3 rings (SSSR count). The van der Waals surface area contributed by atoms with Gasteiger partial charge in [0.15, 0.2) is 0 Å². The van der Waals surface area contributed by atoms with Crippen LogP contribution in [0.3, 0.4) is 0 Å². The molecule has 4 heteroatoms. The van der Waals surface area contributed by atoms with Gasteiger partial charge in [-0.15, -0.1) is 0 Å². The highest BCUT2D eigenvalue weighted by atomic mass is 16.3. The van der Waals surface area contributed by atoms with E-state index in [4.69, 9.17) is 10.2 Å². The number of amides is 1. The normalized spacial score (nSPS) is 14.1. The van der Waals surface area contributed by atoms with Crippen LogP contribution in [0.2, 0.25) is 0 Å². The first-order valence-electron chi connectivity index (χ1n) is 7.26. The van der Waals surface area contributed by atoms with Crippen LogP contribution in [0.25, 0.3) is 0 Å². The third-order valence-corrected chi connectivity index (χ3v) is 4.24. The molecule has 1 amide bonds. The van der Waals surface area contributed by atoms with Gasteiger partial charge in [0.1, 0.15) is 11.5 Å². The van der Waals surface area contributed by atoms with Crippen molar-refractivity contribution in [2.75, 3.05) is 17.2 Å². The van der Waals surface area contributed by atoms with Crippen molar-refractivity contribution in [2.24, 2.45) is 0 Å². The summed E-state index contributed by atoms with van der Waals surface area (Å²) in [5, 5.41) is 0. The first-order chi connectivity index (χ1) is 9.99. The molecule has 2 aromatic rings. The summed E-state index contributed by atoms with van der Waals surface area (Å²) >= 11 is 0. The van der Waals surface area contributed by atoms with Gasteiger partial charge in [-0.25, -0.2) is 0 Å². The number of hydrogen-bond acceptors (Lipinski definition) is 3. The van der Waals surface area contributed by atoms with Gasteiger partial charge in [0.05, 0.1) is 5.56 Å². The summed E-state index contributed by atoms with van der Waals surface area (Å²) in [6.07, 6.45) is 1.92. The van der Waals surface area contributed by atoms with Crippen molar-refractivity contribution < 1.29 is 9.21 Å². The number of benzene rings is 1. The number of nitrogen functional groups attached to an aromatic ring is 1. The standard InChI is InChI=1S/C17H20N2O2/c1-10-11(2)21-12(3)16(10)17(20)19-8-4-5-13-9-14(18)6-7-15(13)19/h6-7,9H,4-5,8,18H2,1-3H3. The number of anilines is 2. The number of fused-ring (bicyclic) bond motifs is 1. The molecule has 0 saturated heterocycles. The molecule has 2 N–H and O–H groups in total. The Morgan fingerprint density at radius 1 is 1.24 bits per heavy atom. The van der Waals surface area contributed by atoms with Gasteiger partial charge in [-0.05, 0) is 57.4 Å². The second kappa shape index (κ2) is 4.95. The van der Waals surface area contributed by atoms with Crippen LogP contribution in [0.15, 0.2) is 22.6 Å². The molecule has 1 aromatic heterocycles. The maximum atomic E-state index is 12.9. The summed E-state index contributed by atoms with van der Waals surface area (Å²) in [5.41, 5.74) is 10.3. The van der Waals surface area contributed by atoms with Crippen LogP contribution in [0.1, 0.15) is 39.4 Å². The lowest BCUT2D eigenvalue weighted by Crippen LogP contribution is -2.36. The fourth-order valence-corrected chi connectivity index (χ4v) is 3.07. The molecule has 0 saturated carbocycles. The van der Waals surface area contributed by atoms with Gasteiger partial charge in [-0.2, -0.15) is 0 Å². The fraction of sp³-hybridized carbons (Fsp3) is 0.353. The van der Waals surface area contributed by atoms with Crippen LogP contribution in [0, 0.1) is 20.8 Å². The lowest BCUT2D eigenvalue weighted by atomic mass is 9.99. The Morgan fingerprint density at radius 3 is 2.67 bits per heavy atom. The van der Waals surface area contributed by atoms with Crippen molar-refractivity contribution in [3.63, 3.8) is 0 Å². The predicted molar refractivity (Wildman–Crippen MR) is 83.8 cm³/mol. The van der Waals surface area contributed by atoms with Crippen molar-refractivity contribution in [1.82, 2.24) is 0 Å². The topological polar surface area (TPSA) is 59.5 Å². The van der Waals surface area contributed by atoms with Crippen molar-refractivity contribution in [2.45, 2.75) is 33.6 Å². The van der Waals surface area contributed by atoms with Gasteiger partial charge in [-0.3, -0.25) is 4.79 Å². The van der Waals surface area contributed by atoms with E-state index >= 15 is 0 Å². The number of hydrogen-bond donors (Lipinski definition) is 1. The molecule has 1 aliphatic heterocycles. The summed E-state index contributed by atoms with van der Waals surface area (Å²) in [5.74, 6) is 1.52. The highest BCUT2D eigenvalue weighted by molar-refractivity contribution is 6.08. The molecule has 0 spiro atoms. The molecule has 0 bridgehead atoms. The number of nitrogens with two attached hydrogens (primary N) is 1. The van der Waals surface area contributed by atoms with Crippen molar-refractivity contribution >= 4 is 17.3 Å². The van der Waals surface area contributed by atoms with Crippen LogP contribution in [0.5, 0.6) is 0 Å². The molecule has 21 heavy (non-hydrogen) atoms. The minimum Gasteiger partial charge on any atom is -0.466 e. The third kappa shape index (κ3) is 2.20. The number of carbonyl (C=O) groups excluding carboxylic acids is 1. The quantitative estimate of drug-likeness (QED) is 0.817. The van der Waals surface area contributed by atoms with Gasteiger partial charge in [0.25, 0.3) is 5.91 Å². The molecule has 4 nitrogen and oxygen atoms in total. The summed E-state index contributed by atoms with van der Waals surface area (Å²) in [4.78, 5) is 14.8. The molecular formula is C17H20N2O2. The molecular weight excluding hydrogens is 264 g/mol. The van der Waals surface area contributed by atoms with Crippen LogP contribution < -0.4 is 10.6 Å². The smallest absolute Gasteiger partial charge is 0.262 e. The predicted octanol–water partition coefficient (Wildman–Crippen LogP) is 3.38. The SMILES string of the molecule is Cc1oc(C)c(C(=O)N2CCCc3cc(N)ccc32)c1C. The monoisotopic (exact) mass is 284 g/mol. The number of aryl methyl sites for hydroxylation is 3. The minimum atomic E-state index is 0.0209. The lowest BCUT2D eigenvalue weighted by molar-refractivity contribution is 0.0983. The molecule has 0 radical (unpaired) electrons. The Hall–Kier alpha value is -2.23. The van der Waals surface area contributed by atoms with E-state index in [2.05, 4.69) is 0 Å². The maximum absolute atomic E-state index is 12.9. The molecule has 2 heterocycles. The molecule has 0 atom stereocenters. The molecule has 1 aromatic carbocycles. The van der Waals surface area contributed by atoms with Crippen LogP contribution >= 0.6 is 0 Å². The lowest BCUT2D eigenvalue weighted by Gasteiger charge is -2.29. The zero-order valence-corrected chi connectivity index (χ0v) is 12.7. The van der Waals surface area contributed by atoms with E-state index in [0.29, 0.717) is 11.3 Å². The summed E-state index contributed by atoms with van der Waals surface area (Å²) in [6, 6.07) is 5.76. The van der Waals surface area contributed by atoms with E-state index in [1.165, 1.54) is 0 Å². The molecule has 1 aliphatic rings. The summed E-state index contributed by atoms with van der Waals surface area (Å²) < 4.78 is 5.60. The highest BCUT2D eigenvalue weighted by Gasteiger charge is 2.28. The van der Waals surface area contributed by atoms with Gasteiger partial charge >= 0.3 is 0 Å². The Bertz CT molecular complexity index is 716. The zero-order valence-electron chi connectivity index (χ0n) is 12.7. The largest absolute Gasteiger partial charge is 0.466 e. The highest BCUT2D eigenvalue weighted by Crippen LogP contribution is 2.32. The van der Waals surface area contributed by atoms with E-state index in [-0.39, 0.29) is 5.91 Å². The average Bonchev–Trinajstić information content (AvgIpc) is 2.70. The van der Waals surface area contributed by atoms with Gasteiger partial charge in [0, 0.05) is 23.5 Å². The second-order valence-corrected chi connectivity index (χ2v) is 5.66. The third-order valence-electron chi connectivity index (χ3n) is 4.24. The van der Waals surface area contributed by atoms with Crippen LogP contribution in [-0.4, -0.2) is 12.5 Å². The van der Waals surface area contributed by atoms with Crippen molar-refractivity contribution in [3.05, 3.63) is 46.4 Å². The van der Waals surface area contributed by atoms with Crippen LogP contribution in [0.4, 0.5) is 11.4 Å². The van der Waals surface area contributed by atoms with E-state index in [0.717, 1.165) is 47.6 Å². The maximum Gasteiger partial charge on any atom is 0.262 e. The zero-order chi connectivity index (χ0) is 15.1. The minimum absolute atomic E-state index is 0.0209. The first-order valence-corrected chi connectivity index (χ1v) is 7.26. The number of furan rings is 1. The number of rotatable bonds is 1. The van der Waals surface area contributed by atoms with Gasteiger partial charge in [-0.1, -0.05) is 0 Å². The van der Waals surface area contributed by atoms with Crippen LogP contribution in [-0.2, 0) is 6.42 Å². The average molecular weight is 284 g/mol. The summed E-state index contributed by atoms with van der Waals surface area (Å²) in [7, 11) is 0. The van der Waals surface area contributed by atoms with E-state index in [1.807, 2.05) is 43.9 Å².